The van der Waals surface area contributed by atoms with E-state index in [1.54, 1.807) is 13.2 Å². The van der Waals surface area contributed by atoms with Crippen molar-refractivity contribution < 1.29 is 9.13 Å². The summed E-state index contributed by atoms with van der Waals surface area (Å²) in [6, 6.07) is 4.46. The molecule has 1 aromatic rings. The molecular formula is C10H16FN3O. The molecule has 0 spiro atoms. The predicted octanol–water partition coefficient (Wildman–Crippen LogP) is 0.687. The molecule has 0 unspecified atom stereocenters. The third-order valence-electron chi connectivity index (χ3n) is 2.04. The summed E-state index contributed by atoms with van der Waals surface area (Å²) in [6.07, 6.45) is 0. The minimum atomic E-state index is -0.264. The highest BCUT2D eigenvalue weighted by Gasteiger charge is 2.06. The van der Waals surface area contributed by atoms with Gasteiger partial charge >= 0.3 is 0 Å². The fourth-order valence-corrected chi connectivity index (χ4v) is 1.37. The van der Waals surface area contributed by atoms with Crippen LogP contribution in [0.2, 0.25) is 0 Å². The molecule has 0 amide bonds. The van der Waals surface area contributed by atoms with Gasteiger partial charge in [-0.15, -0.1) is 0 Å². The van der Waals surface area contributed by atoms with Crippen LogP contribution in [0, 0.1) is 5.82 Å². The molecule has 0 atom stereocenters. The van der Waals surface area contributed by atoms with Crippen molar-refractivity contribution in [2.75, 3.05) is 20.8 Å². The van der Waals surface area contributed by atoms with E-state index < -0.39 is 0 Å². The summed E-state index contributed by atoms with van der Waals surface area (Å²) in [5.41, 5.74) is 3.33. The van der Waals surface area contributed by atoms with Crippen LogP contribution in [0.5, 0.6) is 5.75 Å². The summed E-state index contributed by atoms with van der Waals surface area (Å²) >= 11 is 0. The Bertz CT molecular complexity index is 320. The summed E-state index contributed by atoms with van der Waals surface area (Å²) in [5, 5.41) is 0. The third kappa shape index (κ3) is 3.47. The van der Waals surface area contributed by atoms with Gasteiger partial charge in [0.15, 0.2) is 0 Å². The number of halogens is 1. The fraction of sp³-hybridized carbons (Fsp3) is 0.400. The Labute approximate surface area is 88.8 Å². The van der Waals surface area contributed by atoms with E-state index in [0.29, 0.717) is 19.0 Å². The molecule has 0 heterocycles. The van der Waals surface area contributed by atoms with Crippen molar-refractivity contribution in [3.05, 3.63) is 29.6 Å². The Kier molecular flexibility index (Phi) is 4.48. The van der Waals surface area contributed by atoms with E-state index in [-0.39, 0.29) is 5.82 Å². The zero-order valence-corrected chi connectivity index (χ0v) is 8.96. The molecule has 5 heteroatoms. The second kappa shape index (κ2) is 5.65. The zero-order valence-electron chi connectivity index (χ0n) is 8.96. The van der Waals surface area contributed by atoms with Crippen molar-refractivity contribution in [2.45, 2.75) is 6.54 Å². The minimum Gasteiger partial charge on any atom is -0.496 e. The summed E-state index contributed by atoms with van der Waals surface area (Å²) in [5.74, 6) is 5.60. The van der Waals surface area contributed by atoms with Crippen LogP contribution < -0.4 is 16.0 Å². The molecule has 4 nitrogen and oxygen atoms in total. The monoisotopic (exact) mass is 213 g/mol. The first-order valence-corrected chi connectivity index (χ1v) is 4.61. The van der Waals surface area contributed by atoms with E-state index in [1.165, 1.54) is 12.1 Å². The Balaban J connectivity index is 2.77. The second-order valence-corrected chi connectivity index (χ2v) is 3.33. The Morgan fingerprint density at radius 3 is 2.87 bits per heavy atom. The number of hydrogen-bond acceptors (Lipinski definition) is 4. The molecular weight excluding hydrogens is 197 g/mol. The average Bonchev–Trinajstić information content (AvgIpc) is 2.18. The molecule has 0 aliphatic heterocycles. The van der Waals surface area contributed by atoms with Gasteiger partial charge in [0.25, 0.3) is 0 Å². The maximum Gasteiger partial charge on any atom is 0.123 e. The van der Waals surface area contributed by atoms with E-state index in [1.807, 2.05) is 11.9 Å². The molecule has 0 aliphatic rings. The van der Waals surface area contributed by atoms with Crippen LogP contribution in [0.15, 0.2) is 18.2 Å². The molecule has 0 saturated carbocycles. The molecule has 84 valence electrons. The third-order valence-corrected chi connectivity index (χ3v) is 2.04. The van der Waals surface area contributed by atoms with Gasteiger partial charge in [-0.1, -0.05) is 0 Å². The van der Waals surface area contributed by atoms with Crippen molar-refractivity contribution in [3.8, 4) is 5.75 Å². The SMILES string of the molecule is COc1ccc(F)cc1CN(C)CNN. The van der Waals surface area contributed by atoms with Crippen LogP contribution in [0.3, 0.4) is 0 Å². The highest BCUT2D eigenvalue weighted by molar-refractivity contribution is 5.33. The molecule has 0 aromatic heterocycles. The van der Waals surface area contributed by atoms with Crippen LogP contribution >= 0.6 is 0 Å². The number of benzene rings is 1. The van der Waals surface area contributed by atoms with Crippen molar-refractivity contribution in [1.29, 1.82) is 0 Å². The van der Waals surface area contributed by atoms with Crippen LogP contribution in [-0.4, -0.2) is 25.7 Å². The van der Waals surface area contributed by atoms with Crippen LogP contribution in [-0.2, 0) is 6.54 Å². The number of ether oxygens (including phenoxy) is 1. The standard InChI is InChI=1S/C10H16FN3O/c1-14(7-13-12)6-8-5-9(11)3-4-10(8)15-2/h3-5,13H,6-7,12H2,1-2H3. The van der Waals surface area contributed by atoms with Crippen LogP contribution in [0.1, 0.15) is 5.56 Å². The predicted molar refractivity (Wildman–Crippen MR) is 56.6 cm³/mol. The van der Waals surface area contributed by atoms with E-state index >= 15 is 0 Å². The molecule has 0 aliphatic carbocycles. The van der Waals surface area contributed by atoms with Gasteiger partial charge in [-0.05, 0) is 25.2 Å². The first kappa shape index (κ1) is 11.9. The topological polar surface area (TPSA) is 50.5 Å². The normalized spacial score (nSPS) is 10.7. The molecule has 3 N–H and O–H groups in total. The van der Waals surface area contributed by atoms with Crippen molar-refractivity contribution in [2.24, 2.45) is 5.84 Å². The lowest BCUT2D eigenvalue weighted by atomic mass is 10.2. The summed E-state index contributed by atoms with van der Waals surface area (Å²) in [7, 11) is 3.45. The first-order chi connectivity index (χ1) is 7.17. The number of nitrogens with two attached hydrogens (primary N) is 1. The number of methoxy groups -OCH3 is 1. The van der Waals surface area contributed by atoms with Gasteiger partial charge < -0.3 is 4.74 Å². The number of nitrogens with zero attached hydrogens (tertiary/aromatic N) is 1. The van der Waals surface area contributed by atoms with Gasteiger partial charge in [0.1, 0.15) is 11.6 Å². The molecule has 0 radical (unpaired) electrons. The number of rotatable bonds is 5. The van der Waals surface area contributed by atoms with Gasteiger partial charge in [0, 0.05) is 12.1 Å². The smallest absolute Gasteiger partial charge is 0.123 e. The van der Waals surface area contributed by atoms with Crippen LogP contribution in [0.25, 0.3) is 0 Å². The Morgan fingerprint density at radius 1 is 1.53 bits per heavy atom. The number of nitrogens with one attached hydrogen (secondary N) is 1. The van der Waals surface area contributed by atoms with Crippen molar-refractivity contribution in [1.82, 2.24) is 10.3 Å². The van der Waals surface area contributed by atoms with Gasteiger partial charge in [-0.2, -0.15) is 0 Å². The summed E-state index contributed by atoms with van der Waals surface area (Å²) in [6.45, 7) is 1.10. The Hall–Kier alpha value is -1.17. The van der Waals surface area contributed by atoms with Crippen molar-refractivity contribution in [3.63, 3.8) is 0 Å². The molecule has 0 bridgehead atoms. The summed E-state index contributed by atoms with van der Waals surface area (Å²) < 4.78 is 18.1. The maximum absolute atomic E-state index is 13.0. The lowest BCUT2D eigenvalue weighted by molar-refractivity contribution is 0.294. The van der Waals surface area contributed by atoms with Gasteiger partial charge in [0.05, 0.1) is 13.8 Å². The zero-order chi connectivity index (χ0) is 11.3. The van der Waals surface area contributed by atoms with E-state index in [0.717, 1.165) is 5.56 Å². The van der Waals surface area contributed by atoms with Crippen molar-refractivity contribution >= 4 is 0 Å². The number of hydrazine groups is 1. The molecule has 1 aromatic carbocycles. The van der Waals surface area contributed by atoms with E-state index in [4.69, 9.17) is 10.6 Å². The van der Waals surface area contributed by atoms with Gasteiger partial charge in [-0.3, -0.25) is 10.7 Å². The average molecular weight is 213 g/mol. The largest absolute Gasteiger partial charge is 0.496 e. The molecule has 0 saturated heterocycles. The first-order valence-electron chi connectivity index (χ1n) is 4.61. The summed E-state index contributed by atoms with van der Waals surface area (Å²) in [4.78, 5) is 1.91. The van der Waals surface area contributed by atoms with Gasteiger partial charge in [-0.25, -0.2) is 9.82 Å². The molecule has 15 heavy (non-hydrogen) atoms. The molecule has 0 fully saturated rings. The lowest BCUT2D eigenvalue weighted by Crippen LogP contribution is -2.35. The van der Waals surface area contributed by atoms with Crippen LogP contribution in [0.4, 0.5) is 4.39 Å². The van der Waals surface area contributed by atoms with Gasteiger partial charge in [0.2, 0.25) is 0 Å². The Morgan fingerprint density at radius 2 is 2.27 bits per heavy atom. The lowest BCUT2D eigenvalue weighted by Gasteiger charge is -2.17. The second-order valence-electron chi connectivity index (χ2n) is 3.33. The maximum atomic E-state index is 13.0. The fourth-order valence-electron chi connectivity index (χ4n) is 1.37. The quantitative estimate of drug-likeness (QED) is 0.429. The van der Waals surface area contributed by atoms with E-state index in [2.05, 4.69) is 5.43 Å². The molecule has 1 rings (SSSR count). The van der Waals surface area contributed by atoms with E-state index in [9.17, 15) is 4.39 Å². The highest BCUT2D eigenvalue weighted by atomic mass is 19.1. The number of hydrogen-bond donors (Lipinski definition) is 2. The minimum absolute atomic E-state index is 0.264. The highest BCUT2D eigenvalue weighted by Crippen LogP contribution is 2.20.